The first kappa shape index (κ1) is 18.1. The van der Waals surface area contributed by atoms with Gasteiger partial charge in [-0.25, -0.2) is 13.2 Å². The largest absolute Gasteiger partial charge is 0.495 e. The molecule has 8 heteroatoms. The number of hydrogen-bond donors (Lipinski definition) is 1. The molecule has 2 rings (SSSR count). The molecule has 0 saturated carbocycles. The average Bonchev–Trinajstić information content (AvgIpc) is 2.56. The van der Waals surface area contributed by atoms with Crippen LogP contribution in [0.3, 0.4) is 0 Å². The lowest BCUT2D eigenvalue weighted by Gasteiger charge is -2.14. The van der Waals surface area contributed by atoms with Crippen molar-refractivity contribution in [2.45, 2.75) is 11.8 Å². The molecule has 0 heterocycles. The number of aryl methyl sites for hydroxylation is 1. The average molecular weight is 370 g/mol. The van der Waals surface area contributed by atoms with Crippen molar-refractivity contribution in [1.82, 2.24) is 0 Å². The molecule has 1 N–H and O–H groups in total. The van der Waals surface area contributed by atoms with Crippen LogP contribution in [0.1, 0.15) is 15.9 Å². The molecule has 0 spiro atoms. The van der Waals surface area contributed by atoms with Gasteiger partial charge in [-0.05, 0) is 42.8 Å². The van der Waals surface area contributed by atoms with E-state index in [0.717, 1.165) is 0 Å². The molecule has 0 aliphatic rings. The molecule has 0 aliphatic carbocycles. The molecule has 0 unspecified atom stereocenters. The number of rotatable bonds is 5. The second-order valence-electron chi connectivity index (χ2n) is 4.92. The standard InChI is InChI=1S/C16H16ClNO5S/c1-10-4-5-11(16(19)23-3)8-13(10)18-24(20,21)15-9-12(17)6-7-14(15)22-2/h4-9,18H,1-3H3. The summed E-state index contributed by atoms with van der Waals surface area (Å²) in [7, 11) is -1.34. The van der Waals surface area contributed by atoms with Gasteiger partial charge in [-0.1, -0.05) is 17.7 Å². The molecular formula is C16H16ClNO5S. The molecule has 0 aliphatic heterocycles. The Bertz CT molecular complexity index is 880. The van der Waals surface area contributed by atoms with Gasteiger partial charge in [-0.3, -0.25) is 4.72 Å². The Labute approximate surface area is 145 Å². The Morgan fingerprint density at radius 3 is 2.46 bits per heavy atom. The Kier molecular flexibility index (Phi) is 5.36. The molecule has 6 nitrogen and oxygen atoms in total. The van der Waals surface area contributed by atoms with Crippen molar-refractivity contribution in [2.24, 2.45) is 0 Å². The number of benzene rings is 2. The van der Waals surface area contributed by atoms with E-state index >= 15 is 0 Å². The number of hydrogen-bond acceptors (Lipinski definition) is 5. The van der Waals surface area contributed by atoms with Crippen LogP contribution in [-0.2, 0) is 14.8 Å². The zero-order chi connectivity index (χ0) is 17.9. The van der Waals surface area contributed by atoms with Gasteiger partial charge in [0.05, 0.1) is 25.5 Å². The molecule has 0 fully saturated rings. The van der Waals surface area contributed by atoms with Crippen LogP contribution in [-0.4, -0.2) is 28.6 Å². The monoisotopic (exact) mass is 369 g/mol. The number of carbonyl (C=O) groups excluding carboxylic acids is 1. The topological polar surface area (TPSA) is 81.7 Å². The number of ether oxygens (including phenoxy) is 2. The van der Waals surface area contributed by atoms with Gasteiger partial charge in [-0.2, -0.15) is 0 Å². The molecule has 0 amide bonds. The summed E-state index contributed by atoms with van der Waals surface area (Å²) in [5, 5.41) is 0.260. The second kappa shape index (κ2) is 7.11. The van der Waals surface area contributed by atoms with E-state index in [9.17, 15) is 13.2 Å². The number of carbonyl (C=O) groups is 1. The van der Waals surface area contributed by atoms with E-state index < -0.39 is 16.0 Å². The molecule has 0 bridgehead atoms. The van der Waals surface area contributed by atoms with Gasteiger partial charge in [-0.15, -0.1) is 0 Å². The third-order valence-electron chi connectivity index (χ3n) is 3.32. The van der Waals surface area contributed by atoms with Crippen molar-refractivity contribution < 1.29 is 22.7 Å². The first-order valence-electron chi connectivity index (χ1n) is 6.84. The lowest BCUT2D eigenvalue weighted by atomic mass is 10.1. The molecular weight excluding hydrogens is 354 g/mol. The summed E-state index contributed by atoms with van der Waals surface area (Å²) in [4.78, 5) is 11.5. The van der Waals surface area contributed by atoms with Gasteiger partial charge in [0.15, 0.2) is 0 Å². The fourth-order valence-electron chi connectivity index (χ4n) is 2.04. The van der Waals surface area contributed by atoms with Crippen LogP contribution in [0.25, 0.3) is 0 Å². The van der Waals surface area contributed by atoms with Crippen LogP contribution in [0.2, 0.25) is 5.02 Å². The summed E-state index contributed by atoms with van der Waals surface area (Å²) in [5.74, 6) is -0.399. The maximum atomic E-state index is 12.7. The van der Waals surface area contributed by atoms with Crippen molar-refractivity contribution in [3.8, 4) is 5.75 Å². The van der Waals surface area contributed by atoms with Gasteiger partial charge in [0.25, 0.3) is 10.0 Å². The number of nitrogens with one attached hydrogen (secondary N) is 1. The highest BCUT2D eigenvalue weighted by Gasteiger charge is 2.21. The van der Waals surface area contributed by atoms with E-state index in [1.165, 1.54) is 38.5 Å². The highest BCUT2D eigenvalue weighted by atomic mass is 35.5. The number of methoxy groups -OCH3 is 2. The van der Waals surface area contributed by atoms with Gasteiger partial charge >= 0.3 is 5.97 Å². The van der Waals surface area contributed by atoms with Crippen LogP contribution in [0.15, 0.2) is 41.3 Å². The van der Waals surface area contributed by atoms with Gasteiger partial charge in [0.1, 0.15) is 10.6 Å². The summed E-state index contributed by atoms with van der Waals surface area (Å²) in [6.45, 7) is 1.72. The third kappa shape index (κ3) is 3.80. The molecule has 2 aromatic rings. The van der Waals surface area contributed by atoms with E-state index in [-0.39, 0.29) is 26.9 Å². The van der Waals surface area contributed by atoms with Crippen molar-refractivity contribution >= 4 is 33.3 Å². The molecule has 0 aromatic heterocycles. The first-order valence-corrected chi connectivity index (χ1v) is 8.70. The second-order valence-corrected chi connectivity index (χ2v) is 7.01. The molecule has 128 valence electrons. The van der Waals surface area contributed by atoms with Crippen LogP contribution in [0.4, 0.5) is 5.69 Å². The third-order valence-corrected chi connectivity index (χ3v) is 4.94. The minimum absolute atomic E-state index is 0.0969. The number of anilines is 1. The molecule has 24 heavy (non-hydrogen) atoms. The Morgan fingerprint density at radius 2 is 1.83 bits per heavy atom. The Hall–Kier alpha value is -2.25. The maximum Gasteiger partial charge on any atom is 0.337 e. The van der Waals surface area contributed by atoms with Crippen LogP contribution >= 0.6 is 11.6 Å². The smallest absolute Gasteiger partial charge is 0.337 e. The predicted molar refractivity (Wildman–Crippen MR) is 91.3 cm³/mol. The zero-order valence-electron chi connectivity index (χ0n) is 13.3. The predicted octanol–water partition coefficient (Wildman–Crippen LogP) is 3.24. The van der Waals surface area contributed by atoms with Crippen molar-refractivity contribution in [3.05, 3.63) is 52.5 Å². The fourth-order valence-corrected chi connectivity index (χ4v) is 3.59. The van der Waals surface area contributed by atoms with Crippen LogP contribution in [0.5, 0.6) is 5.75 Å². The first-order chi connectivity index (χ1) is 11.3. The SMILES string of the molecule is COC(=O)c1ccc(C)c(NS(=O)(=O)c2cc(Cl)ccc2OC)c1. The van der Waals surface area contributed by atoms with Gasteiger partial charge in [0.2, 0.25) is 0 Å². The van der Waals surface area contributed by atoms with Crippen molar-refractivity contribution in [2.75, 3.05) is 18.9 Å². The Balaban J connectivity index is 2.47. The van der Waals surface area contributed by atoms with E-state index in [1.807, 2.05) is 0 Å². The molecule has 2 aromatic carbocycles. The summed E-state index contributed by atoms with van der Waals surface area (Å²) in [5.41, 5.74) is 1.14. The van der Waals surface area contributed by atoms with Crippen LogP contribution in [0, 0.1) is 6.92 Å². The molecule has 0 atom stereocenters. The van der Waals surface area contributed by atoms with Gasteiger partial charge < -0.3 is 9.47 Å². The molecule has 0 saturated heterocycles. The normalized spacial score (nSPS) is 11.0. The van der Waals surface area contributed by atoms with E-state index in [0.29, 0.717) is 5.56 Å². The summed E-state index contributed by atoms with van der Waals surface area (Å²) in [6, 6.07) is 8.88. The van der Waals surface area contributed by atoms with E-state index in [4.69, 9.17) is 16.3 Å². The fraction of sp³-hybridized carbons (Fsp3) is 0.188. The number of esters is 1. The zero-order valence-corrected chi connectivity index (χ0v) is 14.9. The van der Waals surface area contributed by atoms with Gasteiger partial charge in [0, 0.05) is 5.02 Å². The van der Waals surface area contributed by atoms with E-state index in [2.05, 4.69) is 9.46 Å². The lowest BCUT2D eigenvalue weighted by molar-refractivity contribution is 0.0601. The lowest BCUT2D eigenvalue weighted by Crippen LogP contribution is -2.15. The van der Waals surface area contributed by atoms with Crippen molar-refractivity contribution in [1.29, 1.82) is 0 Å². The highest BCUT2D eigenvalue weighted by Crippen LogP contribution is 2.29. The number of sulfonamides is 1. The van der Waals surface area contributed by atoms with Crippen molar-refractivity contribution in [3.63, 3.8) is 0 Å². The minimum Gasteiger partial charge on any atom is -0.495 e. The Morgan fingerprint density at radius 1 is 1.12 bits per heavy atom. The molecule has 0 radical (unpaired) electrons. The summed E-state index contributed by atoms with van der Waals surface area (Å²) in [6.07, 6.45) is 0. The summed E-state index contributed by atoms with van der Waals surface area (Å²) < 4.78 is 37.5. The highest BCUT2D eigenvalue weighted by molar-refractivity contribution is 7.92. The summed E-state index contributed by atoms with van der Waals surface area (Å²) >= 11 is 5.89. The maximum absolute atomic E-state index is 12.7. The minimum atomic E-state index is -3.96. The van der Waals surface area contributed by atoms with E-state index in [1.54, 1.807) is 19.1 Å². The number of halogens is 1. The quantitative estimate of drug-likeness (QED) is 0.818. The van der Waals surface area contributed by atoms with Crippen LogP contribution < -0.4 is 9.46 Å².